The minimum atomic E-state index is -1.56. The molecule has 0 aliphatic carbocycles. The molecule has 1 heterocycles. The Balaban J connectivity index is 2.49. The molecule has 2 rings (SSSR count). The highest BCUT2D eigenvalue weighted by molar-refractivity contribution is 6.01. The first-order valence-corrected chi connectivity index (χ1v) is 44.6. The summed E-state index contributed by atoms with van der Waals surface area (Å²) in [6.45, 7) is 24.6. The molecule has 0 radical (unpaired) electrons. The van der Waals surface area contributed by atoms with Crippen molar-refractivity contribution in [3.63, 3.8) is 0 Å². The van der Waals surface area contributed by atoms with E-state index in [0.717, 1.165) is 0 Å². The van der Waals surface area contributed by atoms with Crippen molar-refractivity contribution in [2.75, 3.05) is 39.3 Å². The van der Waals surface area contributed by atoms with Gasteiger partial charge in [0.2, 0.25) is 88.6 Å². The molecule has 0 saturated carbocycles. The number of carboxylic acids is 1. The summed E-state index contributed by atoms with van der Waals surface area (Å²) in [5, 5.41) is 48.4. The van der Waals surface area contributed by atoms with Crippen LogP contribution in [-0.2, 0) is 83.1 Å². The van der Waals surface area contributed by atoms with E-state index in [1.54, 1.807) is 127 Å². The number of aliphatic carboxylic acids is 1. The number of unbranched alkanes of at least 4 members (excludes halogenated alkanes) is 5. The normalized spacial score (nSPS) is 15.6. The zero-order valence-electron chi connectivity index (χ0n) is 76.1. The zero-order chi connectivity index (χ0) is 94.3. The smallest absolute Gasteiger partial charge is 0.326 e. The number of primary amides is 1. The fourth-order valence-corrected chi connectivity index (χ4v) is 13.8. The van der Waals surface area contributed by atoms with E-state index in [1.165, 1.54) is 0 Å². The number of H-pyrrole nitrogens is 1. The molecule has 39 heteroatoms. The summed E-state index contributed by atoms with van der Waals surface area (Å²) in [4.78, 5) is 229. The van der Waals surface area contributed by atoms with Crippen molar-refractivity contribution < 1.29 is 81.8 Å². The van der Waals surface area contributed by atoms with Crippen LogP contribution in [0.25, 0.3) is 10.9 Å². The maximum absolute atomic E-state index is 14.8. The Morgan fingerprint density at radius 3 is 1.08 bits per heavy atom. The minimum absolute atomic E-state index is 0.00311. The highest BCUT2D eigenvalue weighted by atomic mass is 16.4. The van der Waals surface area contributed by atoms with E-state index in [-0.39, 0.29) is 83.0 Å². The van der Waals surface area contributed by atoms with Gasteiger partial charge in [0, 0.05) is 23.5 Å². The van der Waals surface area contributed by atoms with Gasteiger partial charge in [-0.25, -0.2) is 4.79 Å². The van der Waals surface area contributed by atoms with E-state index < -0.39 is 222 Å². The van der Waals surface area contributed by atoms with Crippen molar-refractivity contribution in [3.8, 4) is 0 Å². The number of carboxylic acid groups (broad SMARTS) is 1. The maximum atomic E-state index is 14.8. The van der Waals surface area contributed by atoms with Crippen molar-refractivity contribution in [2.24, 2.45) is 81.6 Å². The summed E-state index contributed by atoms with van der Waals surface area (Å²) in [5.41, 5.74) is 42.1. The van der Waals surface area contributed by atoms with Gasteiger partial charge >= 0.3 is 5.97 Å². The first-order valence-electron chi connectivity index (χ1n) is 44.6. The first kappa shape index (κ1) is 111. The van der Waals surface area contributed by atoms with Gasteiger partial charge in [0.25, 0.3) is 0 Å². The number of para-hydroxylation sites is 1. The molecule has 0 aliphatic rings. The van der Waals surface area contributed by atoms with E-state index in [2.05, 4.69) is 79.4 Å². The van der Waals surface area contributed by atoms with Crippen LogP contribution < -0.4 is 115 Å². The van der Waals surface area contributed by atoms with Gasteiger partial charge in [-0.2, -0.15) is 0 Å². The molecule has 0 saturated heterocycles. The van der Waals surface area contributed by atoms with E-state index in [1.807, 2.05) is 0 Å². The second-order valence-electron chi connectivity index (χ2n) is 34.2. The highest BCUT2D eigenvalue weighted by Gasteiger charge is 2.41. The van der Waals surface area contributed by atoms with Gasteiger partial charge in [0.05, 0.1) is 19.0 Å². The third-order valence-corrected chi connectivity index (χ3v) is 22.3. The Morgan fingerprint density at radius 1 is 0.360 bits per heavy atom. The summed E-state index contributed by atoms with van der Waals surface area (Å²) in [7, 11) is 0. The van der Waals surface area contributed by atoms with Gasteiger partial charge in [-0.1, -0.05) is 134 Å². The lowest BCUT2D eigenvalue weighted by molar-refractivity contribution is -0.143. The molecule has 0 spiro atoms. The van der Waals surface area contributed by atoms with Gasteiger partial charge in [0.1, 0.15) is 78.5 Å². The lowest BCUT2D eigenvalue weighted by atomic mass is 9.94. The number of nitrogens with two attached hydrogens (primary N) is 7. The fourth-order valence-electron chi connectivity index (χ4n) is 13.8. The number of nitrogens with one attached hydrogen (secondary N) is 15. The number of carbonyl (C=O) groups excluding carboxylic acids is 15. The molecule has 2 aromatic rings. The molecule has 0 fully saturated rings. The number of carbonyl (C=O) groups is 16. The number of hydrogen-bond acceptors (Lipinski definition) is 22. The van der Waals surface area contributed by atoms with Crippen LogP contribution in [0, 0.1) is 41.4 Å². The lowest BCUT2D eigenvalue weighted by Crippen LogP contribution is -2.62. The zero-order valence-corrected chi connectivity index (χ0v) is 76.1. The molecule has 17 atom stereocenters. The predicted molar refractivity (Wildman–Crippen MR) is 476 cm³/mol. The summed E-state index contributed by atoms with van der Waals surface area (Å²) in [5.74, 6) is -16.8. The minimum Gasteiger partial charge on any atom is -0.480 e. The van der Waals surface area contributed by atoms with Crippen LogP contribution in [0.15, 0.2) is 30.5 Å². The molecule has 1 aromatic heterocycles. The van der Waals surface area contributed by atoms with Crippen molar-refractivity contribution in [1.82, 2.24) is 79.4 Å². The first-order chi connectivity index (χ1) is 59.1. The molecule has 1 aromatic carbocycles. The molecular weight excluding hydrogens is 1610 g/mol. The standard InChI is InChI=1S/C86H152N22O17/c1-15-51(12)70(106-77(115)59(34-22-27-39-89)97-74(112)58(33-21-26-38-88)98-78(116)63(43-54-45-94-56-31-19-18-30-55(54)56)101-79(117)64(44-65(92)109)102-80(118)67(93)48(6)7)84(122)103-62(42-47(4)5)73(111)95-46-66(110)96-57(32-20-25-37-87)75(113)107-72(53(14)17-3)85(123)108-71(52(13)16-2)83(121)99-60(35-23-28-40-90)76(114)104-69(50(10)11)82(120)105-68(49(8)9)81(119)100-61(86(124)125)36-24-29-41-91/h18-19,30-31,45,47-53,57-64,67-72,94H,15-17,20-29,32-44,46,87-91,93H2,1-14H3,(H2,92,109)(H,95,111)(H,96,110)(H,97,112)(H,98,116)(H,99,121)(H,100,119)(H,101,117)(H,102,118)(H,103,122)(H,104,114)(H,105,120)(H,106,115)(H,107,113)(H,108,123)(H,124,125)/t51-,52-,53-,57-,58-,59-,60-,61-,62-,63-,64-,67-,68-,69-,70-,71-,72-/m0/s1. The summed E-state index contributed by atoms with van der Waals surface area (Å²) in [6, 6.07) is -11.2. The third kappa shape index (κ3) is 39.6. The van der Waals surface area contributed by atoms with Crippen LogP contribution in [0.2, 0.25) is 0 Å². The van der Waals surface area contributed by atoms with Gasteiger partial charge in [-0.05, 0) is 189 Å². The summed E-state index contributed by atoms with van der Waals surface area (Å²) in [6.07, 6.45) is 6.00. The number of rotatable bonds is 64. The van der Waals surface area contributed by atoms with Crippen molar-refractivity contribution in [2.45, 2.75) is 316 Å². The monoisotopic (exact) mass is 1770 g/mol. The number of aromatic amines is 1. The maximum Gasteiger partial charge on any atom is 0.326 e. The van der Waals surface area contributed by atoms with Crippen molar-refractivity contribution in [1.29, 1.82) is 0 Å². The van der Waals surface area contributed by atoms with E-state index >= 15 is 0 Å². The van der Waals surface area contributed by atoms with Gasteiger partial charge < -0.3 is 125 Å². The quantitative estimate of drug-likeness (QED) is 0.0361. The largest absolute Gasteiger partial charge is 0.480 e. The molecule has 30 N–H and O–H groups in total. The average molecular weight is 1770 g/mol. The number of benzene rings is 1. The van der Waals surface area contributed by atoms with Crippen molar-refractivity contribution in [3.05, 3.63) is 36.0 Å². The number of amides is 15. The Hall–Kier alpha value is -9.96. The van der Waals surface area contributed by atoms with Crippen molar-refractivity contribution >= 4 is 105 Å². The van der Waals surface area contributed by atoms with E-state index in [9.17, 15) is 81.8 Å². The highest BCUT2D eigenvalue weighted by Crippen LogP contribution is 2.22. The van der Waals surface area contributed by atoms with Gasteiger partial charge in [-0.15, -0.1) is 0 Å². The molecule has 0 bridgehead atoms. The van der Waals surface area contributed by atoms with Crippen LogP contribution in [0.4, 0.5) is 0 Å². The second kappa shape index (κ2) is 59.1. The van der Waals surface area contributed by atoms with Gasteiger partial charge in [-0.3, -0.25) is 71.9 Å². The SMILES string of the molecule is CC[C@H](C)[C@H](NC(=O)[C@H](CCCCN)NC(=O)[C@H](CCCCN)NC(=O)[C@H](Cc1c[nH]c2ccccc12)NC(=O)[C@H](CC(N)=O)NC(=O)[C@@H](N)C(C)C)C(=O)N[C@@H](CC(C)C)C(=O)NCC(=O)N[C@@H](CCCCN)C(=O)N[C@H](C(=O)N[C@H](C(=O)N[C@@H](CCCCN)C(=O)N[C@H](C(=O)N[C@H](C(=O)N[C@@H](CCCCN)C(=O)O)C(C)C)C(C)C)[C@@H](C)CC)[C@@H](C)CC. The lowest BCUT2D eigenvalue weighted by Gasteiger charge is -2.31. The van der Waals surface area contributed by atoms with Crippen LogP contribution in [0.3, 0.4) is 0 Å². The fraction of sp³-hybridized carbons (Fsp3) is 0.721. The number of fused-ring (bicyclic) bond motifs is 1. The molecule has 125 heavy (non-hydrogen) atoms. The number of aromatic nitrogens is 1. The average Bonchev–Trinajstić information content (AvgIpc) is 1.74. The Morgan fingerprint density at radius 2 is 0.680 bits per heavy atom. The molecular formula is C86H152N22O17. The van der Waals surface area contributed by atoms with Crippen LogP contribution in [-0.4, -0.2) is 229 Å². The molecule has 0 unspecified atom stereocenters. The molecule has 708 valence electrons. The van der Waals surface area contributed by atoms with Crippen LogP contribution in [0.5, 0.6) is 0 Å². The molecule has 0 aliphatic heterocycles. The van der Waals surface area contributed by atoms with E-state index in [4.69, 9.17) is 40.1 Å². The van der Waals surface area contributed by atoms with Crippen LogP contribution >= 0.6 is 0 Å². The molecule has 15 amide bonds. The van der Waals surface area contributed by atoms with Crippen LogP contribution in [0.1, 0.15) is 231 Å². The Kier molecular flexibility index (Phi) is 52.5. The molecule has 39 nitrogen and oxygen atoms in total. The topological polar surface area (TPSA) is 660 Å². The van der Waals surface area contributed by atoms with E-state index in [0.29, 0.717) is 106 Å². The summed E-state index contributed by atoms with van der Waals surface area (Å²) < 4.78 is 0. The number of hydrogen-bond donors (Lipinski definition) is 23. The Bertz CT molecular complexity index is 3770. The Labute approximate surface area is 736 Å². The van der Waals surface area contributed by atoms with Gasteiger partial charge in [0.15, 0.2) is 0 Å². The third-order valence-electron chi connectivity index (χ3n) is 22.3. The predicted octanol–water partition coefficient (Wildman–Crippen LogP) is -0.786. The second-order valence-corrected chi connectivity index (χ2v) is 34.2. The summed E-state index contributed by atoms with van der Waals surface area (Å²) >= 11 is 0.